The summed E-state index contributed by atoms with van der Waals surface area (Å²) >= 11 is 0. The molecule has 13 heavy (non-hydrogen) atoms. The summed E-state index contributed by atoms with van der Waals surface area (Å²) in [6.45, 7) is 4.18. The van der Waals surface area contributed by atoms with Crippen molar-refractivity contribution in [2.75, 3.05) is 6.54 Å². The molecular weight excluding hydrogens is 168 g/mol. The van der Waals surface area contributed by atoms with E-state index in [9.17, 15) is 9.59 Å². The molecule has 0 unspecified atom stereocenters. The highest BCUT2D eigenvalue weighted by atomic mass is 16.2. The second-order valence-electron chi connectivity index (χ2n) is 4.45. The molecule has 1 N–H and O–H groups in total. The minimum Gasteiger partial charge on any atom is -0.337 e. The molecule has 1 saturated carbocycles. The van der Waals surface area contributed by atoms with E-state index in [4.69, 9.17) is 0 Å². The Labute approximate surface area is 77.3 Å². The zero-order valence-corrected chi connectivity index (χ0v) is 7.96. The lowest BCUT2D eigenvalue weighted by Crippen LogP contribution is -2.59. The number of nitrogens with one attached hydrogen (secondary N) is 1. The van der Waals surface area contributed by atoms with Crippen LogP contribution in [0.5, 0.6) is 0 Å². The molecular formula is C9H14N2O2. The van der Waals surface area contributed by atoms with Crippen LogP contribution in [0.25, 0.3) is 0 Å². The fourth-order valence-corrected chi connectivity index (χ4v) is 1.54. The van der Waals surface area contributed by atoms with Gasteiger partial charge < -0.3 is 5.32 Å². The fraction of sp³-hybridized carbons (Fsp3) is 0.778. The van der Waals surface area contributed by atoms with Gasteiger partial charge in [-0.05, 0) is 26.7 Å². The Morgan fingerprint density at radius 3 is 2.54 bits per heavy atom. The van der Waals surface area contributed by atoms with Gasteiger partial charge in [0.1, 0.15) is 0 Å². The molecule has 2 fully saturated rings. The van der Waals surface area contributed by atoms with Gasteiger partial charge in [0.15, 0.2) is 0 Å². The Bertz CT molecular complexity index is 269. The first-order valence-corrected chi connectivity index (χ1v) is 4.64. The maximum atomic E-state index is 11.8. The summed E-state index contributed by atoms with van der Waals surface area (Å²) in [4.78, 5) is 24.6. The smallest absolute Gasteiger partial charge is 0.324 e. The third-order valence-electron chi connectivity index (χ3n) is 2.61. The van der Waals surface area contributed by atoms with E-state index in [1.807, 2.05) is 13.8 Å². The van der Waals surface area contributed by atoms with Crippen molar-refractivity contribution in [3.63, 3.8) is 0 Å². The predicted molar refractivity (Wildman–Crippen MR) is 47.0 cm³/mol. The molecule has 72 valence electrons. The highest BCUT2D eigenvalue weighted by molar-refractivity contribution is 6.00. The van der Waals surface area contributed by atoms with Gasteiger partial charge in [0.2, 0.25) is 5.91 Å². The van der Waals surface area contributed by atoms with Crippen LogP contribution < -0.4 is 5.32 Å². The number of carbonyl (C=O) groups is 2. The number of nitrogens with zero attached hydrogens (tertiary/aromatic N) is 1. The van der Waals surface area contributed by atoms with Crippen LogP contribution in [0.15, 0.2) is 0 Å². The van der Waals surface area contributed by atoms with Gasteiger partial charge in [-0.1, -0.05) is 0 Å². The lowest BCUT2D eigenvalue weighted by atomic mass is 9.90. The van der Waals surface area contributed by atoms with E-state index in [0.717, 1.165) is 12.8 Å². The summed E-state index contributed by atoms with van der Waals surface area (Å²) in [5, 5.41) is 2.74. The average Bonchev–Trinajstić information content (AvgIpc) is 2.83. The molecule has 0 spiro atoms. The Balaban J connectivity index is 2.21. The number of rotatable bonds is 1. The molecule has 2 rings (SSSR count). The summed E-state index contributed by atoms with van der Waals surface area (Å²) < 4.78 is 0. The van der Waals surface area contributed by atoms with Crippen LogP contribution in [0.1, 0.15) is 26.7 Å². The first-order chi connectivity index (χ1) is 6.02. The van der Waals surface area contributed by atoms with Crippen LogP contribution in [0.3, 0.4) is 0 Å². The van der Waals surface area contributed by atoms with Gasteiger partial charge >= 0.3 is 6.03 Å². The molecule has 0 radical (unpaired) electrons. The molecule has 1 heterocycles. The van der Waals surface area contributed by atoms with Gasteiger partial charge in [-0.15, -0.1) is 0 Å². The van der Waals surface area contributed by atoms with Crippen molar-refractivity contribution in [2.24, 2.45) is 5.41 Å². The van der Waals surface area contributed by atoms with Gasteiger partial charge in [-0.2, -0.15) is 0 Å². The number of amides is 3. The third-order valence-corrected chi connectivity index (χ3v) is 2.61. The molecule has 0 aromatic carbocycles. The molecule has 0 aromatic heterocycles. The Morgan fingerprint density at radius 1 is 1.38 bits per heavy atom. The minimum absolute atomic E-state index is 0.0289. The van der Waals surface area contributed by atoms with Crippen molar-refractivity contribution in [1.82, 2.24) is 10.2 Å². The van der Waals surface area contributed by atoms with Crippen molar-refractivity contribution in [1.29, 1.82) is 0 Å². The van der Waals surface area contributed by atoms with Crippen molar-refractivity contribution in [3.05, 3.63) is 0 Å². The van der Waals surface area contributed by atoms with Crippen LogP contribution in [0.2, 0.25) is 0 Å². The van der Waals surface area contributed by atoms with E-state index in [1.165, 1.54) is 4.90 Å². The molecule has 4 heteroatoms. The van der Waals surface area contributed by atoms with E-state index in [2.05, 4.69) is 5.32 Å². The van der Waals surface area contributed by atoms with Crippen molar-refractivity contribution < 1.29 is 9.59 Å². The third kappa shape index (κ3) is 1.30. The highest BCUT2D eigenvalue weighted by Crippen LogP contribution is 2.32. The Hall–Kier alpha value is -1.06. The number of urea groups is 1. The van der Waals surface area contributed by atoms with Gasteiger partial charge in [0, 0.05) is 12.6 Å². The van der Waals surface area contributed by atoms with Crippen molar-refractivity contribution in [2.45, 2.75) is 32.7 Å². The fourth-order valence-electron chi connectivity index (χ4n) is 1.54. The molecule has 2 aliphatic rings. The van der Waals surface area contributed by atoms with Gasteiger partial charge in [0.25, 0.3) is 0 Å². The Kier molecular flexibility index (Phi) is 1.62. The average molecular weight is 182 g/mol. The van der Waals surface area contributed by atoms with E-state index in [-0.39, 0.29) is 18.0 Å². The second-order valence-corrected chi connectivity index (χ2v) is 4.45. The maximum absolute atomic E-state index is 11.8. The standard InChI is InChI=1S/C9H14N2O2/c1-9(2)5-10-8(13)11(7(9)12)6-3-4-6/h6H,3-5H2,1-2H3,(H,10,13). The SMILES string of the molecule is CC1(C)CNC(=O)N(C2CC2)C1=O. The molecule has 1 aliphatic heterocycles. The zero-order valence-electron chi connectivity index (χ0n) is 7.96. The first-order valence-electron chi connectivity index (χ1n) is 4.64. The number of hydrogen-bond acceptors (Lipinski definition) is 2. The maximum Gasteiger partial charge on any atom is 0.324 e. The molecule has 1 aliphatic carbocycles. The van der Waals surface area contributed by atoms with E-state index < -0.39 is 5.41 Å². The van der Waals surface area contributed by atoms with Crippen molar-refractivity contribution in [3.8, 4) is 0 Å². The lowest BCUT2D eigenvalue weighted by molar-refractivity contribution is -0.139. The largest absolute Gasteiger partial charge is 0.337 e. The van der Waals surface area contributed by atoms with Crippen LogP contribution in [-0.2, 0) is 4.79 Å². The number of carbonyl (C=O) groups excluding carboxylic acids is 2. The highest BCUT2D eigenvalue weighted by Gasteiger charge is 2.46. The van der Waals surface area contributed by atoms with E-state index in [1.54, 1.807) is 0 Å². The summed E-state index contributed by atoms with van der Waals surface area (Å²) in [7, 11) is 0. The van der Waals surface area contributed by atoms with Crippen LogP contribution in [0, 0.1) is 5.41 Å². The van der Waals surface area contributed by atoms with Crippen LogP contribution in [-0.4, -0.2) is 29.4 Å². The minimum atomic E-state index is -0.434. The van der Waals surface area contributed by atoms with E-state index in [0.29, 0.717) is 6.54 Å². The molecule has 1 saturated heterocycles. The summed E-state index contributed by atoms with van der Waals surface area (Å²) in [6.07, 6.45) is 1.94. The zero-order chi connectivity index (χ0) is 9.64. The van der Waals surface area contributed by atoms with Crippen LogP contribution in [0.4, 0.5) is 4.79 Å². The van der Waals surface area contributed by atoms with Crippen molar-refractivity contribution >= 4 is 11.9 Å². The van der Waals surface area contributed by atoms with E-state index >= 15 is 0 Å². The summed E-state index contributed by atoms with van der Waals surface area (Å²) in [5.74, 6) is -0.0289. The lowest BCUT2D eigenvalue weighted by Gasteiger charge is -2.36. The quantitative estimate of drug-likeness (QED) is 0.649. The van der Waals surface area contributed by atoms with Gasteiger partial charge in [-0.25, -0.2) is 4.79 Å². The first kappa shape index (κ1) is 8.53. The molecule has 3 amide bonds. The number of hydrogen-bond donors (Lipinski definition) is 1. The predicted octanol–water partition coefficient (Wildman–Crippen LogP) is 0.727. The number of imide groups is 1. The second kappa shape index (κ2) is 2.47. The summed E-state index contributed by atoms with van der Waals surface area (Å²) in [5.41, 5.74) is -0.434. The normalized spacial score (nSPS) is 27.4. The Morgan fingerprint density at radius 2 is 2.00 bits per heavy atom. The van der Waals surface area contributed by atoms with Crippen LogP contribution >= 0.6 is 0 Å². The topological polar surface area (TPSA) is 49.4 Å². The molecule has 4 nitrogen and oxygen atoms in total. The molecule has 0 bridgehead atoms. The van der Waals surface area contributed by atoms with Gasteiger partial charge in [0.05, 0.1) is 5.41 Å². The monoisotopic (exact) mass is 182 g/mol. The molecule has 0 aromatic rings. The summed E-state index contributed by atoms with van der Waals surface area (Å²) in [6, 6.07) is -0.0427. The molecule has 0 atom stereocenters. The van der Waals surface area contributed by atoms with Gasteiger partial charge in [-0.3, -0.25) is 9.69 Å².